The second kappa shape index (κ2) is 15.0. The summed E-state index contributed by atoms with van der Waals surface area (Å²) >= 11 is 13.3. The molecule has 2 N–H and O–H groups in total. The van der Waals surface area contributed by atoms with Crippen molar-refractivity contribution in [3.05, 3.63) is 93.5 Å². The van der Waals surface area contributed by atoms with E-state index in [0.29, 0.717) is 12.6 Å². The van der Waals surface area contributed by atoms with Crippen molar-refractivity contribution in [2.24, 2.45) is 0 Å². The number of methoxy groups -OCH3 is 1. The molecule has 0 radical (unpaired) electrons. The molecule has 4 rings (SSSR count). The van der Waals surface area contributed by atoms with Crippen LogP contribution in [0.5, 0.6) is 11.5 Å². The first-order valence-electron chi connectivity index (χ1n) is 13.6. The Hall–Kier alpha value is -3.63. The summed E-state index contributed by atoms with van der Waals surface area (Å²) in [6, 6.07) is 18.1. The molecule has 2 unspecified atom stereocenters. The average molecular weight is 615 g/mol. The third-order valence-electron chi connectivity index (χ3n) is 6.76. The van der Waals surface area contributed by atoms with E-state index in [1.165, 1.54) is 13.2 Å². The van der Waals surface area contributed by atoms with Crippen LogP contribution in [0.3, 0.4) is 0 Å². The molecule has 222 valence electrons. The van der Waals surface area contributed by atoms with Crippen molar-refractivity contribution in [2.75, 3.05) is 39.9 Å². The van der Waals surface area contributed by atoms with E-state index in [0.717, 1.165) is 25.2 Å². The minimum Gasteiger partial charge on any atom is -0.489 e. The van der Waals surface area contributed by atoms with Crippen LogP contribution >= 0.6 is 23.2 Å². The normalized spacial score (nSPS) is 15.9. The first kappa shape index (κ1) is 31.3. The van der Waals surface area contributed by atoms with Crippen molar-refractivity contribution >= 4 is 41.0 Å². The van der Waals surface area contributed by atoms with Crippen LogP contribution in [0.1, 0.15) is 33.2 Å². The molecular weight excluding hydrogens is 581 g/mol. The molecule has 0 spiro atoms. The lowest BCUT2D eigenvalue weighted by atomic mass is 10.1. The Labute approximate surface area is 255 Å². The first-order valence-corrected chi connectivity index (χ1v) is 14.3. The molecule has 0 aliphatic carbocycles. The highest BCUT2D eigenvalue weighted by atomic mass is 35.5. The Morgan fingerprint density at radius 1 is 1.05 bits per heavy atom. The van der Waals surface area contributed by atoms with Gasteiger partial charge >= 0.3 is 11.9 Å². The van der Waals surface area contributed by atoms with E-state index < -0.39 is 23.9 Å². The number of amides is 1. The van der Waals surface area contributed by atoms with Crippen molar-refractivity contribution in [1.82, 2.24) is 15.5 Å². The molecule has 3 aromatic carbocycles. The Balaban J connectivity index is 1.61. The zero-order valence-electron chi connectivity index (χ0n) is 23.4. The monoisotopic (exact) mass is 613 g/mol. The number of hydrogen-bond acceptors (Lipinski definition) is 8. The van der Waals surface area contributed by atoms with Gasteiger partial charge in [0, 0.05) is 38.6 Å². The molecule has 0 saturated carbocycles. The number of halogens is 2. The molecule has 1 saturated heterocycles. The van der Waals surface area contributed by atoms with Gasteiger partial charge in [0.2, 0.25) is 0 Å². The maximum atomic E-state index is 13.6. The average Bonchev–Trinajstić information content (AvgIpc) is 3.00. The molecule has 0 aromatic heterocycles. The van der Waals surface area contributed by atoms with Crippen molar-refractivity contribution in [3.8, 4) is 11.5 Å². The lowest BCUT2D eigenvalue weighted by molar-refractivity contribution is -0.142. The molecule has 1 aliphatic rings. The third kappa shape index (κ3) is 8.23. The zero-order valence-corrected chi connectivity index (χ0v) is 24.9. The number of benzene rings is 3. The predicted octanol–water partition coefficient (Wildman–Crippen LogP) is 4.40. The van der Waals surface area contributed by atoms with Gasteiger partial charge in [-0.05, 0) is 30.7 Å². The summed E-state index contributed by atoms with van der Waals surface area (Å²) in [6.45, 7) is 5.63. The van der Waals surface area contributed by atoms with Gasteiger partial charge < -0.3 is 24.8 Å². The maximum absolute atomic E-state index is 13.6. The van der Waals surface area contributed by atoms with Crippen LogP contribution in [0.15, 0.2) is 66.7 Å². The fourth-order valence-electron chi connectivity index (χ4n) is 4.62. The Morgan fingerprint density at radius 2 is 1.74 bits per heavy atom. The van der Waals surface area contributed by atoms with E-state index in [4.69, 9.17) is 37.4 Å². The van der Waals surface area contributed by atoms with E-state index in [-0.39, 0.29) is 45.7 Å². The first-order chi connectivity index (χ1) is 20.3. The fraction of sp³-hybridized carbons (Fsp3) is 0.323. The summed E-state index contributed by atoms with van der Waals surface area (Å²) in [5, 5.41) is 5.98. The van der Waals surface area contributed by atoms with Crippen LogP contribution in [0.4, 0.5) is 0 Å². The highest BCUT2D eigenvalue weighted by Crippen LogP contribution is 2.43. The number of nitrogens with zero attached hydrogens (tertiary/aromatic N) is 1. The largest absolute Gasteiger partial charge is 0.489 e. The fourth-order valence-corrected chi connectivity index (χ4v) is 5.23. The van der Waals surface area contributed by atoms with Crippen molar-refractivity contribution < 1.29 is 28.6 Å². The summed E-state index contributed by atoms with van der Waals surface area (Å²) in [5.41, 5.74) is 0.920. The summed E-state index contributed by atoms with van der Waals surface area (Å²) in [7, 11) is 1.24. The highest BCUT2D eigenvalue weighted by molar-refractivity contribution is 6.39. The maximum Gasteiger partial charge on any atom is 0.343 e. The van der Waals surface area contributed by atoms with Crippen LogP contribution < -0.4 is 20.1 Å². The number of piperazine rings is 1. The van der Waals surface area contributed by atoms with E-state index >= 15 is 0 Å². The lowest BCUT2D eigenvalue weighted by Crippen LogP contribution is -2.50. The van der Waals surface area contributed by atoms with E-state index in [1.807, 2.05) is 30.3 Å². The molecular formula is C31H33Cl2N3O6. The molecule has 42 heavy (non-hydrogen) atoms. The minimum atomic E-state index is -1.03. The van der Waals surface area contributed by atoms with Gasteiger partial charge in [-0.25, -0.2) is 9.59 Å². The van der Waals surface area contributed by atoms with Crippen LogP contribution in [0.2, 0.25) is 10.0 Å². The Morgan fingerprint density at radius 3 is 2.40 bits per heavy atom. The highest BCUT2D eigenvalue weighted by Gasteiger charge is 2.29. The number of carbonyl (C=O) groups excluding carboxylic acids is 3. The van der Waals surface area contributed by atoms with Gasteiger partial charge in [0.15, 0.2) is 11.5 Å². The number of ether oxygens (including phenoxy) is 3. The SMILES string of the molecule is COC(=O)C(Cc1ccccc1)NC(=O)c1cc(Cl)c(OCCN2CCNC(C)C2)c(Cl)c1OC(=O)c1ccccc1. The summed E-state index contributed by atoms with van der Waals surface area (Å²) in [4.78, 5) is 41.5. The van der Waals surface area contributed by atoms with Crippen molar-refractivity contribution in [2.45, 2.75) is 25.4 Å². The Bertz CT molecular complexity index is 1390. The van der Waals surface area contributed by atoms with Crippen LogP contribution in [0, 0.1) is 0 Å². The number of hydrogen-bond donors (Lipinski definition) is 2. The van der Waals surface area contributed by atoms with Gasteiger partial charge in [-0.3, -0.25) is 9.69 Å². The minimum absolute atomic E-state index is 0.0519. The molecule has 1 aliphatic heterocycles. The molecule has 3 aromatic rings. The zero-order chi connectivity index (χ0) is 30.1. The van der Waals surface area contributed by atoms with Crippen LogP contribution in [-0.4, -0.2) is 74.7 Å². The molecule has 11 heteroatoms. The lowest BCUT2D eigenvalue weighted by Gasteiger charge is -2.31. The topological polar surface area (TPSA) is 106 Å². The molecule has 1 heterocycles. The van der Waals surface area contributed by atoms with Crippen LogP contribution in [0.25, 0.3) is 0 Å². The molecule has 0 bridgehead atoms. The van der Waals surface area contributed by atoms with Gasteiger partial charge in [0.05, 0.1) is 23.3 Å². The Kier molecular flexibility index (Phi) is 11.2. The molecule has 1 amide bonds. The van der Waals surface area contributed by atoms with E-state index in [2.05, 4.69) is 22.5 Å². The summed E-state index contributed by atoms with van der Waals surface area (Å²) < 4.78 is 16.6. The van der Waals surface area contributed by atoms with E-state index in [9.17, 15) is 14.4 Å². The number of nitrogens with one attached hydrogen (secondary N) is 2. The standard InChI is InChI=1S/C31H33Cl2N3O6/c1-20-19-36(14-13-34-20)15-16-41-28-24(32)18-23(27(26(28)33)42-30(38)22-11-7-4-8-12-22)29(37)35-25(31(39)40-2)17-21-9-5-3-6-10-21/h3-12,18,20,25,34H,13-17,19H2,1-2H3,(H,35,37). The van der Waals surface area contributed by atoms with Crippen molar-refractivity contribution in [3.63, 3.8) is 0 Å². The second-order valence-corrected chi connectivity index (χ2v) is 10.7. The number of esters is 2. The summed E-state index contributed by atoms with van der Waals surface area (Å²) in [6.07, 6.45) is 0.172. The predicted molar refractivity (Wildman–Crippen MR) is 161 cm³/mol. The van der Waals surface area contributed by atoms with Gasteiger partial charge in [-0.1, -0.05) is 71.7 Å². The molecule has 1 fully saturated rings. The third-order valence-corrected chi connectivity index (χ3v) is 7.38. The second-order valence-electron chi connectivity index (χ2n) is 9.88. The quantitative estimate of drug-likeness (QED) is 0.242. The molecule has 9 nitrogen and oxygen atoms in total. The number of carbonyl (C=O) groups is 3. The van der Waals surface area contributed by atoms with E-state index in [1.54, 1.807) is 30.3 Å². The van der Waals surface area contributed by atoms with Crippen LogP contribution in [-0.2, 0) is 16.0 Å². The number of rotatable bonds is 11. The van der Waals surface area contributed by atoms with Gasteiger partial charge in [0.25, 0.3) is 5.91 Å². The smallest absolute Gasteiger partial charge is 0.343 e. The molecule has 2 atom stereocenters. The van der Waals surface area contributed by atoms with Gasteiger partial charge in [-0.2, -0.15) is 0 Å². The van der Waals surface area contributed by atoms with Crippen molar-refractivity contribution in [1.29, 1.82) is 0 Å². The van der Waals surface area contributed by atoms with Gasteiger partial charge in [0.1, 0.15) is 17.7 Å². The summed E-state index contributed by atoms with van der Waals surface area (Å²) in [5.74, 6) is -2.26. The van der Waals surface area contributed by atoms with Gasteiger partial charge in [-0.15, -0.1) is 0 Å².